The van der Waals surface area contributed by atoms with Crippen molar-refractivity contribution in [1.29, 1.82) is 0 Å². The smallest absolute Gasteiger partial charge is 0.232 e. The third-order valence-electron chi connectivity index (χ3n) is 4.23. The predicted molar refractivity (Wildman–Crippen MR) is 101 cm³/mol. The van der Waals surface area contributed by atoms with E-state index in [9.17, 15) is 13.2 Å². The molecular weight excluding hydrogens is 360 g/mol. The number of hydrogen-bond donors (Lipinski definition) is 0. The number of amides is 1. The zero-order valence-corrected chi connectivity index (χ0v) is 15.4. The summed E-state index contributed by atoms with van der Waals surface area (Å²) in [4.78, 5) is 14.3. The van der Waals surface area contributed by atoms with E-state index in [2.05, 4.69) is 0 Å². The molecule has 2 aromatic rings. The van der Waals surface area contributed by atoms with Gasteiger partial charge in [0.1, 0.15) is 0 Å². The minimum Gasteiger partial charge on any atom is -0.312 e. The minimum atomic E-state index is -3.49. The highest BCUT2D eigenvalue weighted by Crippen LogP contribution is 2.28. The summed E-state index contributed by atoms with van der Waals surface area (Å²) in [5.41, 5.74) is 2.57. The molecule has 1 aliphatic rings. The third-order valence-corrected chi connectivity index (χ3v) is 5.68. The predicted octanol–water partition coefficient (Wildman–Crippen LogP) is 3.09. The molecule has 2 aromatic carbocycles. The lowest BCUT2D eigenvalue weighted by atomic mass is 10.2. The molecule has 0 radical (unpaired) electrons. The molecule has 0 aliphatic carbocycles. The first-order valence-electron chi connectivity index (χ1n) is 7.98. The first-order valence-corrected chi connectivity index (χ1v) is 10.2. The standard InChI is InChI=1S/C18H19ClN2O3S/c1-25(23,24)21(16-8-6-15(19)7-9-16)13-11-18(22)20-12-10-14-4-2-3-5-17(14)20/h2-9H,10-13H2,1H3. The summed E-state index contributed by atoms with van der Waals surface area (Å²) in [5.74, 6) is -0.0763. The zero-order chi connectivity index (χ0) is 18.0. The molecule has 0 bridgehead atoms. The molecule has 0 fully saturated rings. The number of carbonyl (C=O) groups excluding carboxylic acids is 1. The molecular formula is C18H19ClN2O3S. The molecule has 5 nitrogen and oxygen atoms in total. The monoisotopic (exact) mass is 378 g/mol. The van der Waals surface area contributed by atoms with Gasteiger partial charge >= 0.3 is 0 Å². The second-order valence-corrected chi connectivity index (χ2v) is 8.33. The Kier molecular flexibility index (Phi) is 5.01. The van der Waals surface area contributed by atoms with E-state index in [1.807, 2.05) is 24.3 Å². The van der Waals surface area contributed by atoms with Gasteiger partial charge in [-0.25, -0.2) is 8.42 Å². The Balaban J connectivity index is 1.74. The quantitative estimate of drug-likeness (QED) is 0.803. The van der Waals surface area contributed by atoms with Crippen molar-refractivity contribution in [2.75, 3.05) is 28.6 Å². The van der Waals surface area contributed by atoms with E-state index in [1.165, 1.54) is 4.31 Å². The average Bonchev–Trinajstić information content (AvgIpc) is 2.99. The maximum absolute atomic E-state index is 12.6. The van der Waals surface area contributed by atoms with Gasteiger partial charge in [-0.15, -0.1) is 0 Å². The van der Waals surface area contributed by atoms with Crippen LogP contribution in [0.25, 0.3) is 0 Å². The second-order valence-electron chi connectivity index (χ2n) is 5.99. The van der Waals surface area contributed by atoms with Crippen LogP contribution < -0.4 is 9.21 Å². The molecule has 0 aromatic heterocycles. The van der Waals surface area contributed by atoms with Crippen molar-refractivity contribution < 1.29 is 13.2 Å². The molecule has 1 amide bonds. The Morgan fingerprint density at radius 1 is 1.16 bits per heavy atom. The van der Waals surface area contributed by atoms with Gasteiger partial charge in [-0.1, -0.05) is 29.8 Å². The number of hydrogen-bond acceptors (Lipinski definition) is 3. The number of rotatable bonds is 5. The van der Waals surface area contributed by atoms with Crippen molar-refractivity contribution in [2.45, 2.75) is 12.8 Å². The van der Waals surface area contributed by atoms with Crippen LogP contribution in [0.15, 0.2) is 48.5 Å². The molecule has 0 N–H and O–H groups in total. The van der Waals surface area contributed by atoms with Crippen LogP contribution in [0.5, 0.6) is 0 Å². The lowest BCUT2D eigenvalue weighted by Crippen LogP contribution is -2.36. The normalized spacial score (nSPS) is 13.6. The van der Waals surface area contributed by atoms with Gasteiger partial charge in [-0.05, 0) is 42.3 Å². The number of anilines is 2. The van der Waals surface area contributed by atoms with E-state index in [0.717, 1.165) is 23.9 Å². The SMILES string of the molecule is CS(=O)(=O)N(CCC(=O)N1CCc2ccccc21)c1ccc(Cl)cc1. The number of sulfonamides is 1. The Bertz CT molecular complexity index is 881. The molecule has 0 spiro atoms. The van der Waals surface area contributed by atoms with Gasteiger partial charge in [0.2, 0.25) is 15.9 Å². The van der Waals surface area contributed by atoms with Crippen LogP contribution >= 0.6 is 11.6 Å². The molecule has 1 aliphatic heterocycles. The van der Waals surface area contributed by atoms with E-state index in [0.29, 0.717) is 17.3 Å². The highest BCUT2D eigenvalue weighted by atomic mass is 35.5. The van der Waals surface area contributed by atoms with Crippen molar-refractivity contribution in [3.8, 4) is 0 Å². The summed E-state index contributed by atoms with van der Waals surface area (Å²) in [6.45, 7) is 0.732. The van der Waals surface area contributed by atoms with Crippen molar-refractivity contribution >= 4 is 38.9 Å². The van der Waals surface area contributed by atoms with E-state index in [1.54, 1.807) is 29.2 Å². The van der Waals surface area contributed by atoms with Crippen LogP contribution in [0.4, 0.5) is 11.4 Å². The maximum atomic E-state index is 12.6. The molecule has 0 unspecified atom stereocenters. The number of benzene rings is 2. The van der Waals surface area contributed by atoms with E-state index >= 15 is 0 Å². The lowest BCUT2D eigenvalue weighted by molar-refractivity contribution is -0.118. The average molecular weight is 379 g/mol. The summed E-state index contributed by atoms with van der Waals surface area (Å²) in [6, 6.07) is 14.3. The number of fused-ring (bicyclic) bond motifs is 1. The molecule has 0 saturated heterocycles. The zero-order valence-electron chi connectivity index (χ0n) is 13.9. The van der Waals surface area contributed by atoms with Crippen molar-refractivity contribution in [3.63, 3.8) is 0 Å². The van der Waals surface area contributed by atoms with Crippen LogP contribution in [0.3, 0.4) is 0 Å². The van der Waals surface area contributed by atoms with Crippen LogP contribution in [0.1, 0.15) is 12.0 Å². The van der Waals surface area contributed by atoms with E-state index in [-0.39, 0.29) is 18.9 Å². The fourth-order valence-corrected chi connectivity index (χ4v) is 4.08. The van der Waals surface area contributed by atoms with Crippen LogP contribution in [-0.2, 0) is 21.2 Å². The molecule has 7 heteroatoms. The highest BCUT2D eigenvalue weighted by Gasteiger charge is 2.25. The fourth-order valence-electron chi connectivity index (χ4n) is 3.02. The molecule has 0 atom stereocenters. The Hall–Kier alpha value is -2.05. The maximum Gasteiger partial charge on any atom is 0.232 e. The number of nitrogens with zero attached hydrogens (tertiary/aromatic N) is 2. The lowest BCUT2D eigenvalue weighted by Gasteiger charge is -2.24. The Morgan fingerprint density at radius 3 is 2.52 bits per heavy atom. The molecule has 0 saturated carbocycles. The van der Waals surface area contributed by atoms with Gasteiger partial charge in [0, 0.05) is 30.2 Å². The number of para-hydroxylation sites is 1. The first kappa shape index (κ1) is 17.8. The minimum absolute atomic E-state index is 0.0763. The van der Waals surface area contributed by atoms with Crippen molar-refractivity contribution in [2.24, 2.45) is 0 Å². The van der Waals surface area contributed by atoms with Crippen molar-refractivity contribution in [3.05, 3.63) is 59.1 Å². The Morgan fingerprint density at radius 2 is 1.84 bits per heavy atom. The molecule has 25 heavy (non-hydrogen) atoms. The summed E-state index contributed by atoms with van der Waals surface area (Å²) < 4.78 is 25.5. The number of carbonyl (C=O) groups is 1. The highest BCUT2D eigenvalue weighted by molar-refractivity contribution is 7.92. The molecule has 1 heterocycles. The van der Waals surface area contributed by atoms with Gasteiger partial charge in [-0.2, -0.15) is 0 Å². The van der Waals surface area contributed by atoms with Crippen LogP contribution in [0, 0.1) is 0 Å². The molecule has 3 rings (SSSR count). The van der Waals surface area contributed by atoms with Crippen molar-refractivity contribution in [1.82, 2.24) is 0 Å². The Labute approximate surface area is 152 Å². The van der Waals surface area contributed by atoms with E-state index < -0.39 is 10.0 Å². The van der Waals surface area contributed by atoms with Crippen LogP contribution in [0.2, 0.25) is 5.02 Å². The van der Waals surface area contributed by atoms with Gasteiger partial charge < -0.3 is 4.90 Å². The number of halogens is 1. The fraction of sp³-hybridized carbons (Fsp3) is 0.278. The summed E-state index contributed by atoms with van der Waals surface area (Å²) in [5, 5.41) is 0.530. The van der Waals surface area contributed by atoms with Gasteiger partial charge in [-0.3, -0.25) is 9.10 Å². The summed E-state index contributed by atoms with van der Waals surface area (Å²) in [7, 11) is -3.49. The largest absolute Gasteiger partial charge is 0.312 e. The van der Waals surface area contributed by atoms with Gasteiger partial charge in [0.25, 0.3) is 0 Å². The summed E-state index contributed by atoms with van der Waals surface area (Å²) >= 11 is 5.86. The second kappa shape index (κ2) is 7.06. The van der Waals surface area contributed by atoms with Crippen LogP contribution in [-0.4, -0.2) is 33.7 Å². The summed E-state index contributed by atoms with van der Waals surface area (Å²) in [6.07, 6.45) is 2.08. The third kappa shape index (κ3) is 3.96. The van der Waals surface area contributed by atoms with Gasteiger partial charge in [0.15, 0.2) is 0 Å². The van der Waals surface area contributed by atoms with Gasteiger partial charge in [0.05, 0.1) is 11.9 Å². The first-order chi connectivity index (χ1) is 11.9. The topological polar surface area (TPSA) is 57.7 Å². The van der Waals surface area contributed by atoms with E-state index in [4.69, 9.17) is 11.6 Å². The molecule has 132 valence electrons.